The molecule has 0 bridgehead atoms. The van der Waals surface area contributed by atoms with Gasteiger partial charge in [-0.1, -0.05) is 18.9 Å². The summed E-state index contributed by atoms with van der Waals surface area (Å²) in [6.07, 6.45) is -1.91. The molecule has 1 aliphatic heterocycles. The summed E-state index contributed by atoms with van der Waals surface area (Å²) in [6.45, 7) is 2.12. The number of benzene rings is 1. The van der Waals surface area contributed by atoms with Crippen LogP contribution in [0.2, 0.25) is 0 Å². The Hall–Kier alpha value is -1.61. The largest absolute Gasteiger partial charge is 0.390 e. The zero-order valence-electron chi connectivity index (χ0n) is 15.3. The Labute approximate surface area is 158 Å². The van der Waals surface area contributed by atoms with Crippen LogP contribution in [0, 0.1) is 0 Å². The molecule has 2 rings (SSSR count). The van der Waals surface area contributed by atoms with Crippen molar-refractivity contribution in [1.29, 1.82) is 0 Å². The second-order valence-electron chi connectivity index (χ2n) is 6.60. The molecule has 0 aromatic heterocycles. The molecule has 0 atom stereocenters. The first-order valence-corrected chi connectivity index (χ1v) is 10.6. The van der Waals surface area contributed by atoms with E-state index in [2.05, 4.69) is 0 Å². The van der Waals surface area contributed by atoms with Gasteiger partial charge in [0.15, 0.2) is 0 Å². The molecule has 0 unspecified atom stereocenters. The Bertz CT molecular complexity index is 742. The fourth-order valence-electron chi connectivity index (χ4n) is 3.07. The summed E-state index contributed by atoms with van der Waals surface area (Å²) in [4.78, 5) is 13.6. The van der Waals surface area contributed by atoms with E-state index in [9.17, 15) is 26.4 Å². The van der Waals surface area contributed by atoms with Crippen molar-refractivity contribution in [3.8, 4) is 0 Å². The van der Waals surface area contributed by atoms with E-state index in [-0.39, 0.29) is 17.0 Å². The monoisotopic (exact) mass is 406 g/mol. The molecular weight excluding hydrogens is 381 g/mol. The number of amides is 1. The molecule has 0 aliphatic carbocycles. The number of alkyl halides is 3. The second-order valence-corrected chi connectivity index (χ2v) is 8.53. The number of carbonyl (C=O) groups is 1. The van der Waals surface area contributed by atoms with Crippen LogP contribution in [0.5, 0.6) is 0 Å². The molecule has 1 fully saturated rings. The lowest BCUT2D eigenvalue weighted by Crippen LogP contribution is -2.34. The molecule has 152 valence electrons. The molecule has 0 saturated carbocycles. The maximum atomic E-state index is 12.9. The summed E-state index contributed by atoms with van der Waals surface area (Å²) < 4.78 is 64.5. The predicted molar refractivity (Wildman–Crippen MR) is 95.9 cm³/mol. The van der Waals surface area contributed by atoms with Gasteiger partial charge in [0.1, 0.15) is 0 Å². The average molecular weight is 406 g/mol. The number of nitrogens with zero attached hydrogens (tertiary/aromatic N) is 2. The van der Waals surface area contributed by atoms with Crippen LogP contribution in [0.4, 0.5) is 13.2 Å². The van der Waals surface area contributed by atoms with E-state index in [1.807, 2.05) is 0 Å². The SMILES string of the molecule is CCN(CCC(F)(F)F)C(=O)c1cccc(S(=O)(=O)N2CCCCCC2)c1. The molecule has 0 N–H and O–H groups in total. The van der Waals surface area contributed by atoms with Gasteiger partial charge in [0.2, 0.25) is 10.0 Å². The predicted octanol–water partition coefficient (Wildman–Crippen LogP) is 3.67. The highest BCUT2D eigenvalue weighted by Crippen LogP contribution is 2.23. The zero-order valence-corrected chi connectivity index (χ0v) is 16.2. The van der Waals surface area contributed by atoms with Gasteiger partial charge in [0.05, 0.1) is 11.3 Å². The van der Waals surface area contributed by atoms with Gasteiger partial charge < -0.3 is 4.90 Å². The van der Waals surface area contributed by atoms with Crippen molar-refractivity contribution in [2.24, 2.45) is 0 Å². The molecular formula is C18H25F3N2O3S. The van der Waals surface area contributed by atoms with Crippen LogP contribution in [0.15, 0.2) is 29.2 Å². The average Bonchev–Trinajstić information content (AvgIpc) is 2.91. The minimum Gasteiger partial charge on any atom is -0.339 e. The van der Waals surface area contributed by atoms with Crippen LogP contribution in [-0.4, -0.2) is 55.9 Å². The third-order valence-corrected chi connectivity index (χ3v) is 6.51. The number of hydrogen-bond donors (Lipinski definition) is 0. The number of halogens is 3. The first kappa shape index (κ1) is 21.7. The van der Waals surface area contributed by atoms with Crippen molar-refractivity contribution >= 4 is 15.9 Å². The van der Waals surface area contributed by atoms with E-state index in [0.29, 0.717) is 13.1 Å². The third kappa shape index (κ3) is 5.93. The van der Waals surface area contributed by atoms with E-state index in [0.717, 1.165) is 30.6 Å². The van der Waals surface area contributed by atoms with Crippen LogP contribution in [-0.2, 0) is 10.0 Å². The number of rotatable bonds is 6. The Balaban J connectivity index is 2.21. The topological polar surface area (TPSA) is 57.7 Å². The molecule has 9 heteroatoms. The smallest absolute Gasteiger partial charge is 0.339 e. The minimum absolute atomic E-state index is 0.00197. The fraction of sp³-hybridized carbons (Fsp3) is 0.611. The molecule has 0 radical (unpaired) electrons. The van der Waals surface area contributed by atoms with Crippen LogP contribution >= 0.6 is 0 Å². The van der Waals surface area contributed by atoms with Gasteiger partial charge in [-0.3, -0.25) is 4.79 Å². The van der Waals surface area contributed by atoms with Crippen molar-refractivity contribution in [2.45, 2.75) is 50.1 Å². The first-order chi connectivity index (χ1) is 12.6. The summed E-state index contributed by atoms with van der Waals surface area (Å²) in [6, 6.07) is 5.57. The number of sulfonamides is 1. The number of hydrogen-bond acceptors (Lipinski definition) is 3. The van der Waals surface area contributed by atoms with Crippen molar-refractivity contribution in [3.05, 3.63) is 29.8 Å². The van der Waals surface area contributed by atoms with E-state index in [4.69, 9.17) is 0 Å². The second kappa shape index (κ2) is 9.05. The van der Waals surface area contributed by atoms with Gasteiger partial charge in [-0.05, 0) is 38.0 Å². The molecule has 27 heavy (non-hydrogen) atoms. The Kier molecular flexibility index (Phi) is 7.27. The molecule has 1 aromatic carbocycles. The fourth-order valence-corrected chi connectivity index (χ4v) is 4.63. The van der Waals surface area contributed by atoms with Gasteiger partial charge in [-0.25, -0.2) is 8.42 Å². The molecule has 1 amide bonds. The summed E-state index contributed by atoms with van der Waals surface area (Å²) >= 11 is 0. The lowest BCUT2D eigenvalue weighted by atomic mass is 10.2. The first-order valence-electron chi connectivity index (χ1n) is 9.11. The van der Waals surface area contributed by atoms with Crippen LogP contribution < -0.4 is 0 Å². The minimum atomic E-state index is -4.36. The molecule has 1 aromatic rings. The van der Waals surface area contributed by atoms with Crippen molar-refractivity contribution in [2.75, 3.05) is 26.2 Å². The molecule has 0 spiro atoms. The Morgan fingerprint density at radius 1 is 1.15 bits per heavy atom. The molecule has 5 nitrogen and oxygen atoms in total. The van der Waals surface area contributed by atoms with Crippen LogP contribution in [0.25, 0.3) is 0 Å². The van der Waals surface area contributed by atoms with Crippen LogP contribution in [0.3, 0.4) is 0 Å². The maximum Gasteiger partial charge on any atom is 0.390 e. The normalized spacial score (nSPS) is 16.7. The van der Waals surface area contributed by atoms with Gasteiger partial charge in [-0.2, -0.15) is 17.5 Å². The number of carbonyl (C=O) groups excluding carboxylic acids is 1. The van der Waals surface area contributed by atoms with Crippen molar-refractivity contribution < 1.29 is 26.4 Å². The highest BCUT2D eigenvalue weighted by atomic mass is 32.2. The molecule has 1 heterocycles. The summed E-state index contributed by atoms with van der Waals surface area (Å²) in [7, 11) is -3.73. The zero-order chi connectivity index (χ0) is 20.1. The summed E-state index contributed by atoms with van der Waals surface area (Å²) in [5.41, 5.74) is 0.0786. The Morgan fingerprint density at radius 2 is 1.78 bits per heavy atom. The van der Waals surface area contributed by atoms with Crippen molar-refractivity contribution in [3.63, 3.8) is 0 Å². The highest BCUT2D eigenvalue weighted by Gasteiger charge is 2.30. The Morgan fingerprint density at radius 3 is 2.33 bits per heavy atom. The lowest BCUT2D eigenvalue weighted by molar-refractivity contribution is -0.136. The van der Waals surface area contributed by atoms with E-state index in [1.54, 1.807) is 6.92 Å². The maximum absolute atomic E-state index is 12.9. The summed E-state index contributed by atoms with van der Waals surface area (Å²) in [5.74, 6) is -0.602. The van der Waals surface area contributed by atoms with E-state index in [1.165, 1.54) is 28.6 Å². The molecule has 1 saturated heterocycles. The molecule has 1 aliphatic rings. The summed E-state index contributed by atoms with van der Waals surface area (Å²) in [5, 5.41) is 0. The van der Waals surface area contributed by atoms with E-state index >= 15 is 0 Å². The third-order valence-electron chi connectivity index (χ3n) is 4.62. The van der Waals surface area contributed by atoms with Gasteiger partial charge in [-0.15, -0.1) is 0 Å². The van der Waals surface area contributed by atoms with Gasteiger partial charge in [0.25, 0.3) is 5.91 Å². The quantitative estimate of drug-likeness (QED) is 0.724. The van der Waals surface area contributed by atoms with Crippen LogP contribution in [0.1, 0.15) is 49.4 Å². The van der Waals surface area contributed by atoms with Gasteiger partial charge in [0, 0.05) is 31.7 Å². The van der Waals surface area contributed by atoms with Crippen molar-refractivity contribution in [1.82, 2.24) is 9.21 Å². The van der Waals surface area contributed by atoms with E-state index < -0.39 is 35.1 Å². The van der Waals surface area contributed by atoms with Gasteiger partial charge >= 0.3 is 6.18 Å². The lowest BCUT2D eigenvalue weighted by Gasteiger charge is -2.23. The standard InChI is InChI=1S/C18H25F3N2O3S/c1-2-22(13-10-18(19,20)21)17(24)15-8-7-9-16(14-15)27(25,26)23-11-5-3-4-6-12-23/h7-9,14H,2-6,10-13H2,1H3. The highest BCUT2D eigenvalue weighted by molar-refractivity contribution is 7.89.